The maximum Gasteiger partial charge on any atom is 0.328 e. The molecule has 0 aliphatic heterocycles. The van der Waals surface area contributed by atoms with Crippen molar-refractivity contribution in [3.8, 4) is 5.75 Å². The van der Waals surface area contributed by atoms with Crippen LogP contribution in [-0.4, -0.2) is 27.8 Å². The summed E-state index contributed by atoms with van der Waals surface area (Å²) >= 11 is 0. The molecule has 0 amide bonds. The van der Waals surface area contributed by atoms with Crippen molar-refractivity contribution in [2.45, 2.75) is 51.7 Å². The van der Waals surface area contributed by atoms with Crippen LogP contribution in [0.15, 0.2) is 18.2 Å². The van der Waals surface area contributed by atoms with Gasteiger partial charge in [0.25, 0.3) is 0 Å². The van der Waals surface area contributed by atoms with E-state index in [9.17, 15) is 14.7 Å². The Morgan fingerprint density at radius 2 is 1.95 bits per heavy atom. The zero-order valence-corrected chi connectivity index (χ0v) is 13.1. The fourth-order valence-electron chi connectivity index (χ4n) is 1.94. The van der Waals surface area contributed by atoms with E-state index in [-0.39, 0.29) is 17.7 Å². The summed E-state index contributed by atoms with van der Waals surface area (Å²) in [6.07, 6.45) is 1.07. The van der Waals surface area contributed by atoms with E-state index in [4.69, 9.17) is 15.6 Å². The Hall–Kier alpha value is -2.08. The fraction of sp³-hybridized carbons (Fsp3) is 0.500. The minimum absolute atomic E-state index is 0.0638. The van der Waals surface area contributed by atoms with E-state index in [0.717, 1.165) is 5.56 Å². The number of nitrogens with two attached hydrogens (primary N) is 1. The van der Waals surface area contributed by atoms with Gasteiger partial charge in [-0.3, -0.25) is 4.79 Å². The highest BCUT2D eigenvalue weighted by Crippen LogP contribution is 2.26. The fourth-order valence-corrected chi connectivity index (χ4v) is 1.94. The quantitative estimate of drug-likeness (QED) is 0.694. The number of aliphatic carboxylic acids is 1. The third kappa shape index (κ3) is 5.73. The summed E-state index contributed by atoms with van der Waals surface area (Å²) in [5.74, 6) is -1.56. The highest BCUT2D eigenvalue weighted by molar-refractivity contribution is 5.78. The molecule has 122 valence electrons. The number of phenolic OH excluding ortho intramolecular Hbond substituents is 1. The van der Waals surface area contributed by atoms with Gasteiger partial charge in [0.2, 0.25) is 0 Å². The first-order valence-corrected chi connectivity index (χ1v) is 7.12. The second kappa shape index (κ2) is 7.26. The van der Waals surface area contributed by atoms with Gasteiger partial charge >= 0.3 is 11.9 Å². The Balaban J connectivity index is 2.84. The summed E-state index contributed by atoms with van der Waals surface area (Å²) in [5, 5.41) is 18.5. The summed E-state index contributed by atoms with van der Waals surface area (Å²) in [7, 11) is 0. The molecule has 1 unspecified atom stereocenters. The molecule has 0 spiro atoms. The molecule has 0 aromatic heterocycles. The number of aryl methyl sites for hydroxylation is 1. The number of benzene rings is 1. The molecule has 0 saturated heterocycles. The lowest BCUT2D eigenvalue weighted by atomic mass is 10.00. The van der Waals surface area contributed by atoms with Crippen molar-refractivity contribution in [2.75, 3.05) is 0 Å². The number of phenols is 1. The average molecular weight is 309 g/mol. The van der Waals surface area contributed by atoms with Gasteiger partial charge in [-0.15, -0.1) is 0 Å². The van der Waals surface area contributed by atoms with E-state index in [1.165, 1.54) is 6.07 Å². The molecular weight excluding hydrogens is 286 g/mol. The van der Waals surface area contributed by atoms with E-state index in [1.54, 1.807) is 32.9 Å². The molecule has 0 saturated carbocycles. The number of carbonyl (C=O) groups excluding carboxylic acids is 1. The Bertz CT molecular complexity index is 548. The Morgan fingerprint density at radius 1 is 1.32 bits per heavy atom. The van der Waals surface area contributed by atoms with Crippen molar-refractivity contribution >= 4 is 11.9 Å². The van der Waals surface area contributed by atoms with Gasteiger partial charge in [0.15, 0.2) is 0 Å². The second-order valence-corrected chi connectivity index (χ2v) is 6.15. The maximum absolute atomic E-state index is 12.0. The smallest absolute Gasteiger partial charge is 0.328 e. The summed E-state index contributed by atoms with van der Waals surface area (Å²) in [4.78, 5) is 22.5. The van der Waals surface area contributed by atoms with Crippen LogP contribution < -0.4 is 5.73 Å². The number of rotatable bonds is 6. The third-order valence-corrected chi connectivity index (χ3v) is 2.94. The molecule has 22 heavy (non-hydrogen) atoms. The van der Waals surface area contributed by atoms with Crippen LogP contribution in [0.2, 0.25) is 0 Å². The minimum Gasteiger partial charge on any atom is -0.508 e. The van der Waals surface area contributed by atoms with Crippen LogP contribution in [0.25, 0.3) is 0 Å². The first-order valence-electron chi connectivity index (χ1n) is 7.12. The van der Waals surface area contributed by atoms with Crippen molar-refractivity contribution in [1.82, 2.24) is 0 Å². The Labute approximate surface area is 129 Å². The van der Waals surface area contributed by atoms with Gasteiger partial charge in [0.1, 0.15) is 17.4 Å². The van der Waals surface area contributed by atoms with Gasteiger partial charge in [-0.2, -0.15) is 0 Å². The van der Waals surface area contributed by atoms with Crippen molar-refractivity contribution in [2.24, 2.45) is 5.73 Å². The molecule has 0 aliphatic carbocycles. The number of hydrogen-bond acceptors (Lipinski definition) is 5. The normalized spacial score (nSPS) is 12.7. The SMILES string of the molecule is CC(C)(C)OC(=O)C(N)c1cc(CCCC(=O)O)ccc1O. The lowest BCUT2D eigenvalue weighted by molar-refractivity contribution is -0.156. The summed E-state index contributed by atoms with van der Waals surface area (Å²) in [6.45, 7) is 5.21. The molecule has 1 rings (SSSR count). The van der Waals surface area contributed by atoms with Crippen LogP contribution in [0, 0.1) is 0 Å². The predicted molar refractivity (Wildman–Crippen MR) is 81.5 cm³/mol. The number of carboxylic acids is 1. The zero-order chi connectivity index (χ0) is 16.9. The first-order chi connectivity index (χ1) is 10.1. The summed E-state index contributed by atoms with van der Waals surface area (Å²) in [5.41, 5.74) is 6.29. The number of aromatic hydroxyl groups is 1. The van der Waals surface area contributed by atoms with Gasteiger partial charge in [-0.05, 0) is 51.3 Å². The number of carbonyl (C=O) groups is 2. The topological polar surface area (TPSA) is 110 Å². The molecule has 0 aliphatic rings. The van der Waals surface area contributed by atoms with Crippen molar-refractivity contribution < 1.29 is 24.5 Å². The van der Waals surface area contributed by atoms with Crippen LogP contribution in [0.4, 0.5) is 0 Å². The Morgan fingerprint density at radius 3 is 2.50 bits per heavy atom. The molecule has 0 radical (unpaired) electrons. The number of ether oxygens (including phenoxy) is 1. The monoisotopic (exact) mass is 309 g/mol. The number of esters is 1. The van der Waals surface area contributed by atoms with Crippen LogP contribution in [-0.2, 0) is 20.7 Å². The number of carboxylic acid groups (broad SMARTS) is 1. The molecule has 6 nitrogen and oxygen atoms in total. The lowest BCUT2D eigenvalue weighted by Crippen LogP contribution is -2.31. The lowest BCUT2D eigenvalue weighted by Gasteiger charge is -2.22. The van der Waals surface area contributed by atoms with E-state index in [2.05, 4.69) is 0 Å². The summed E-state index contributed by atoms with van der Waals surface area (Å²) < 4.78 is 5.21. The molecule has 0 heterocycles. The van der Waals surface area contributed by atoms with Gasteiger partial charge in [-0.1, -0.05) is 6.07 Å². The summed E-state index contributed by atoms with van der Waals surface area (Å²) in [6, 6.07) is 3.67. The van der Waals surface area contributed by atoms with Gasteiger partial charge in [0.05, 0.1) is 0 Å². The van der Waals surface area contributed by atoms with E-state index in [1.807, 2.05) is 0 Å². The molecule has 1 aromatic carbocycles. The zero-order valence-electron chi connectivity index (χ0n) is 13.1. The van der Waals surface area contributed by atoms with Crippen LogP contribution >= 0.6 is 0 Å². The molecule has 0 bridgehead atoms. The van der Waals surface area contributed by atoms with E-state index < -0.39 is 23.6 Å². The largest absolute Gasteiger partial charge is 0.508 e. The first kappa shape index (κ1) is 18.0. The maximum atomic E-state index is 12.0. The van der Waals surface area contributed by atoms with Gasteiger partial charge in [0, 0.05) is 12.0 Å². The highest BCUT2D eigenvalue weighted by Gasteiger charge is 2.25. The second-order valence-electron chi connectivity index (χ2n) is 6.15. The van der Waals surface area contributed by atoms with Crippen molar-refractivity contribution in [1.29, 1.82) is 0 Å². The van der Waals surface area contributed by atoms with Crippen LogP contribution in [0.1, 0.15) is 50.8 Å². The van der Waals surface area contributed by atoms with Crippen LogP contribution in [0.5, 0.6) is 5.75 Å². The minimum atomic E-state index is -1.08. The third-order valence-electron chi connectivity index (χ3n) is 2.94. The molecule has 1 aromatic rings. The van der Waals surface area contributed by atoms with Crippen LogP contribution in [0.3, 0.4) is 0 Å². The molecule has 0 fully saturated rings. The molecule has 4 N–H and O–H groups in total. The van der Waals surface area contributed by atoms with E-state index >= 15 is 0 Å². The predicted octanol–water partition coefficient (Wildman–Crippen LogP) is 2.14. The average Bonchev–Trinajstić information content (AvgIpc) is 2.37. The van der Waals surface area contributed by atoms with E-state index in [0.29, 0.717) is 12.8 Å². The van der Waals surface area contributed by atoms with Gasteiger partial charge < -0.3 is 20.7 Å². The van der Waals surface area contributed by atoms with Gasteiger partial charge in [-0.25, -0.2) is 4.79 Å². The molecule has 6 heteroatoms. The number of hydrogen-bond donors (Lipinski definition) is 3. The molecule has 1 atom stereocenters. The van der Waals surface area contributed by atoms with Crippen molar-refractivity contribution in [3.63, 3.8) is 0 Å². The molecular formula is C16H23NO5. The Kier molecular flexibility index (Phi) is 5.93. The standard InChI is InChI=1S/C16H23NO5/c1-16(2,3)22-15(21)14(17)11-9-10(7-8-12(11)18)5-4-6-13(19)20/h7-9,14,18H,4-6,17H2,1-3H3,(H,19,20). The van der Waals surface area contributed by atoms with Crippen molar-refractivity contribution in [3.05, 3.63) is 29.3 Å². The highest BCUT2D eigenvalue weighted by atomic mass is 16.6.